The molecule has 2 aromatic carbocycles. The van der Waals surface area contributed by atoms with Crippen molar-refractivity contribution in [3.05, 3.63) is 76.5 Å². The van der Waals surface area contributed by atoms with Gasteiger partial charge in [0, 0.05) is 40.1 Å². The van der Waals surface area contributed by atoms with E-state index < -0.39 is 0 Å². The molecule has 0 saturated heterocycles. The molecular formula is C23H18O4. The molecule has 1 aliphatic carbocycles. The van der Waals surface area contributed by atoms with Gasteiger partial charge in [0.1, 0.15) is 17.1 Å². The number of carbonyl (C=O) groups is 1. The smallest absolute Gasteiger partial charge is 0.182 e. The van der Waals surface area contributed by atoms with Gasteiger partial charge in [-0.1, -0.05) is 38.1 Å². The Kier molecular flexibility index (Phi) is 4.04. The molecule has 4 rings (SSSR count). The molecule has 0 saturated carbocycles. The normalized spacial score (nSPS) is 11.4. The summed E-state index contributed by atoms with van der Waals surface area (Å²) in [6, 6.07) is 17.0. The zero-order valence-electron chi connectivity index (χ0n) is 15.0. The van der Waals surface area contributed by atoms with Gasteiger partial charge in [-0.25, -0.2) is 0 Å². The van der Waals surface area contributed by atoms with Crippen molar-refractivity contribution in [2.45, 2.75) is 13.8 Å². The third-order valence-corrected chi connectivity index (χ3v) is 4.66. The summed E-state index contributed by atoms with van der Waals surface area (Å²) in [4.78, 5) is 24.6. The SMILES string of the molecule is CC(C)C(=O)c1ccccc1-c1c2ccc(=O)cc-2oc2cc(O)ccc12. The maximum atomic E-state index is 12.8. The van der Waals surface area contributed by atoms with Crippen LogP contribution in [0.25, 0.3) is 33.4 Å². The van der Waals surface area contributed by atoms with Gasteiger partial charge < -0.3 is 9.52 Å². The van der Waals surface area contributed by atoms with Crippen molar-refractivity contribution in [3.63, 3.8) is 0 Å². The van der Waals surface area contributed by atoms with Crippen LogP contribution in [0.4, 0.5) is 0 Å². The van der Waals surface area contributed by atoms with E-state index in [9.17, 15) is 14.7 Å². The van der Waals surface area contributed by atoms with Crippen molar-refractivity contribution >= 4 is 16.8 Å². The Morgan fingerprint density at radius 1 is 0.963 bits per heavy atom. The maximum absolute atomic E-state index is 12.8. The topological polar surface area (TPSA) is 67.5 Å². The molecule has 1 heterocycles. The fraction of sp³-hybridized carbons (Fsp3) is 0.130. The Morgan fingerprint density at radius 2 is 1.74 bits per heavy atom. The lowest BCUT2D eigenvalue weighted by Gasteiger charge is -2.18. The Morgan fingerprint density at radius 3 is 2.52 bits per heavy atom. The van der Waals surface area contributed by atoms with Crippen LogP contribution in [0.1, 0.15) is 24.2 Å². The van der Waals surface area contributed by atoms with Crippen LogP contribution in [0.5, 0.6) is 5.75 Å². The standard InChI is InChI=1S/C23H18O4/c1-13(2)23(26)17-6-4-3-5-16(17)22-18-9-7-14(24)11-20(18)27-21-12-15(25)8-10-19(21)22/h3-13,24H,1-2H3. The predicted molar refractivity (Wildman–Crippen MR) is 105 cm³/mol. The first-order valence-corrected chi connectivity index (χ1v) is 8.79. The second kappa shape index (κ2) is 6.40. The summed E-state index contributed by atoms with van der Waals surface area (Å²) in [5.74, 6) is 0.394. The van der Waals surface area contributed by atoms with Crippen molar-refractivity contribution in [1.82, 2.24) is 0 Å². The number of benzene rings is 3. The van der Waals surface area contributed by atoms with Crippen LogP contribution >= 0.6 is 0 Å². The zero-order valence-corrected chi connectivity index (χ0v) is 15.0. The molecule has 0 fully saturated rings. The van der Waals surface area contributed by atoms with Crippen LogP contribution in [0, 0.1) is 5.92 Å². The molecule has 2 aliphatic rings. The van der Waals surface area contributed by atoms with Gasteiger partial charge in [-0.05, 0) is 29.8 Å². The van der Waals surface area contributed by atoms with E-state index in [4.69, 9.17) is 4.42 Å². The molecule has 0 spiro atoms. The number of carbonyl (C=O) groups excluding carboxylic acids is 1. The van der Waals surface area contributed by atoms with Gasteiger partial charge >= 0.3 is 0 Å². The molecule has 4 nitrogen and oxygen atoms in total. The van der Waals surface area contributed by atoms with Gasteiger partial charge in [0.25, 0.3) is 0 Å². The van der Waals surface area contributed by atoms with Gasteiger partial charge in [0.2, 0.25) is 0 Å². The summed E-state index contributed by atoms with van der Waals surface area (Å²) in [7, 11) is 0. The number of phenols is 1. The average Bonchev–Trinajstić information content (AvgIpc) is 2.65. The third-order valence-electron chi connectivity index (χ3n) is 4.66. The number of hydrogen-bond acceptors (Lipinski definition) is 4. The molecule has 0 bridgehead atoms. The number of ketones is 1. The first-order valence-electron chi connectivity index (χ1n) is 8.79. The van der Waals surface area contributed by atoms with Crippen LogP contribution < -0.4 is 5.43 Å². The van der Waals surface area contributed by atoms with Crippen molar-refractivity contribution in [2.24, 2.45) is 5.92 Å². The van der Waals surface area contributed by atoms with E-state index >= 15 is 0 Å². The average molecular weight is 358 g/mol. The van der Waals surface area contributed by atoms with E-state index in [2.05, 4.69) is 0 Å². The fourth-order valence-corrected chi connectivity index (χ4v) is 3.38. The van der Waals surface area contributed by atoms with Crippen LogP contribution in [0.15, 0.2) is 69.9 Å². The Hall–Kier alpha value is -3.40. The monoisotopic (exact) mass is 358 g/mol. The van der Waals surface area contributed by atoms with E-state index in [1.165, 1.54) is 18.2 Å². The van der Waals surface area contributed by atoms with Gasteiger partial charge in [-0.3, -0.25) is 9.59 Å². The molecule has 134 valence electrons. The van der Waals surface area contributed by atoms with E-state index in [0.717, 1.165) is 22.1 Å². The number of hydrogen-bond donors (Lipinski definition) is 1. The second-order valence-electron chi connectivity index (χ2n) is 6.88. The Bertz CT molecular complexity index is 1200. The summed E-state index contributed by atoms with van der Waals surface area (Å²) < 4.78 is 5.87. The summed E-state index contributed by atoms with van der Waals surface area (Å²) in [5, 5.41) is 10.6. The molecule has 4 heteroatoms. The van der Waals surface area contributed by atoms with Crippen molar-refractivity contribution < 1.29 is 14.3 Å². The van der Waals surface area contributed by atoms with Crippen LogP contribution in [-0.4, -0.2) is 10.9 Å². The first kappa shape index (κ1) is 17.0. The van der Waals surface area contributed by atoms with E-state index in [1.54, 1.807) is 18.2 Å². The molecule has 2 aromatic rings. The van der Waals surface area contributed by atoms with Crippen molar-refractivity contribution in [3.8, 4) is 28.2 Å². The highest BCUT2D eigenvalue weighted by molar-refractivity contribution is 6.10. The molecule has 27 heavy (non-hydrogen) atoms. The zero-order chi connectivity index (χ0) is 19.1. The van der Waals surface area contributed by atoms with Gasteiger partial charge in [0.15, 0.2) is 11.2 Å². The van der Waals surface area contributed by atoms with Gasteiger partial charge in [0.05, 0.1) is 0 Å². The summed E-state index contributed by atoms with van der Waals surface area (Å²) in [5.41, 5.74) is 3.26. The summed E-state index contributed by atoms with van der Waals surface area (Å²) in [6.45, 7) is 3.74. The minimum atomic E-state index is -0.164. The van der Waals surface area contributed by atoms with Crippen LogP contribution in [0.2, 0.25) is 0 Å². The fourth-order valence-electron chi connectivity index (χ4n) is 3.38. The van der Waals surface area contributed by atoms with Crippen molar-refractivity contribution in [1.29, 1.82) is 0 Å². The maximum Gasteiger partial charge on any atom is 0.182 e. The van der Waals surface area contributed by atoms with Crippen LogP contribution in [0.3, 0.4) is 0 Å². The molecule has 0 unspecified atom stereocenters. The first-order chi connectivity index (χ1) is 13.0. The molecule has 1 aliphatic heterocycles. The lowest BCUT2D eigenvalue weighted by Crippen LogP contribution is -2.09. The van der Waals surface area contributed by atoms with E-state index in [0.29, 0.717) is 16.9 Å². The lowest BCUT2D eigenvalue weighted by atomic mass is 9.87. The highest BCUT2D eigenvalue weighted by atomic mass is 16.3. The number of fused-ring (bicyclic) bond motifs is 2. The number of phenolic OH excluding ortho intramolecular Hbond substituents is 1. The van der Waals surface area contributed by atoms with E-state index in [-0.39, 0.29) is 22.9 Å². The van der Waals surface area contributed by atoms with Gasteiger partial charge in [-0.2, -0.15) is 0 Å². The van der Waals surface area contributed by atoms with Crippen LogP contribution in [-0.2, 0) is 0 Å². The molecule has 0 atom stereocenters. The number of rotatable bonds is 3. The lowest BCUT2D eigenvalue weighted by molar-refractivity contribution is 0.0940. The predicted octanol–water partition coefficient (Wildman–Crippen LogP) is 5.11. The minimum Gasteiger partial charge on any atom is -0.508 e. The third kappa shape index (κ3) is 2.89. The van der Waals surface area contributed by atoms with E-state index in [1.807, 2.05) is 38.1 Å². The second-order valence-corrected chi connectivity index (χ2v) is 6.88. The number of aromatic hydroxyl groups is 1. The largest absolute Gasteiger partial charge is 0.508 e. The molecule has 0 amide bonds. The highest BCUT2D eigenvalue weighted by Gasteiger charge is 2.22. The Balaban J connectivity index is 2.16. The molecular weight excluding hydrogens is 340 g/mol. The Labute approximate surface area is 156 Å². The summed E-state index contributed by atoms with van der Waals surface area (Å²) >= 11 is 0. The van der Waals surface area contributed by atoms with Crippen molar-refractivity contribution in [2.75, 3.05) is 0 Å². The molecule has 0 radical (unpaired) electrons. The minimum absolute atomic E-state index is 0.0481. The summed E-state index contributed by atoms with van der Waals surface area (Å²) in [6.07, 6.45) is 0. The van der Waals surface area contributed by atoms with Gasteiger partial charge in [-0.15, -0.1) is 0 Å². The molecule has 1 N–H and O–H groups in total. The quantitative estimate of drug-likeness (QED) is 0.408. The number of Topliss-reactive ketones (excluding diaryl/α,β-unsaturated/α-hetero) is 1. The molecule has 0 aromatic heterocycles. The highest BCUT2D eigenvalue weighted by Crippen LogP contribution is 2.42.